The highest BCUT2D eigenvalue weighted by molar-refractivity contribution is 5.68. The third kappa shape index (κ3) is 2.42. The van der Waals surface area contributed by atoms with Gasteiger partial charge >= 0.3 is 5.69 Å². The van der Waals surface area contributed by atoms with Crippen molar-refractivity contribution in [2.75, 3.05) is 12.4 Å². The summed E-state index contributed by atoms with van der Waals surface area (Å²) in [6.07, 6.45) is 3.13. The number of nitro groups is 1. The first-order chi connectivity index (χ1) is 8.72. The van der Waals surface area contributed by atoms with Crippen molar-refractivity contribution >= 4 is 11.4 Å². The second kappa shape index (κ2) is 5.22. The summed E-state index contributed by atoms with van der Waals surface area (Å²) in [6, 6.07) is 6.68. The van der Waals surface area contributed by atoms with Crippen molar-refractivity contribution in [3.8, 4) is 5.75 Å². The van der Waals surface area contributed by atoms with E-state index in [9.17, 15) is 10.1 Å². The number of nitro benzene ring substituents is 1. The van der Waals surface area contributed by atoms with Gasteiger partial charge in [0.2, 0.25) is 0 Å². The number of furan rings is 1. The van der Waals surface area contributed by atoms with Crippen LogP contribution in [0.3, 0.4) is 0 Å². The van der Waals surface area contributed by atoms with Crippen LogP contribution in [-0.4, -0.2) is 12.0 Å². The molecule has 0 radical (unpaired) electrons. The van der Waals surface area contributed by atoms with Gasteiger partial charge in [-0.1, -0.05) is 6.07 Å². The molecule has 2 aromatic rings. The van der Waals surface area contributed by atoms with E-state index >= 15 is 0 Å². The second-order valence-corrected chi connectivity index (χ2v) is 3.60. The molecule has 0 fully saturated rings. The maximum atomic E-state index is 11.0. The van der Waals surface area contributed by atoms with E-state index in [4.69, 9.17) is 9.15 Å². The van der Waals surface area contributed by atoms with Crippen molar-refractivity contribution in [3.63, 3.8) is 0 Å². The van der Waals surface area contributed by atoms with E-state index in [1.165, 1.54) is 7.11 Å². The predicted molar refractivity (Wildman–Crippen MR) is 65.7 cm³/mol. The minimum Gasteiger partial charge on any atom is -0.490 e. The Morgan fingerprint density at radius 1 is 1.44 bits per heavy atom. The van der Waals surface area contributed by atoms with Crippen LogP contribution in [0.5, 0.6) is 5.75 Å². The third-order valence-corrected chi connectivity index (χ3v) is 2.46. The molecule has 0 unspecified atom stereocenters. The molecule has 18 heavy (non-hydrogen) atoms. The first kappa shape index (κ1) is 12.0. The first-order valence-corrected chi connectivity index (χ1v) is 5.28. The van der Waals surface area contributed by atoms with Crippen LogP contribution in [0.25, 0.3) is 0 Å². The van der Waals surface area contributed by atoms with Crippen LogP contribution < -0.4 is 10.1 Å². The zero-order valence-electron chi connectivity index (χ0n) is 9.75. The number of anilines is 1. The molecule has 0 aliphatic rings. The van der Waals surface area contributed by atoms with Gasteiger partial charge in [-0.25, -0.2) is 0 Å². The van der Waals surface area contributed by atoms with Crippen molar-refractivity contribution in [2.24, 2.45) is 0 Å². The van der Waals surface area contributed by atoms with Crippen molar-refractivity contribution in [2.45, 2.75) is 6.54 Å². The molecule has 0 bridgehead atoms. The zero-order chi connectivity index (χ0) is 13.0. The predicted octanol–water partition coefficient (Wildman–Crippen LogP) is 2.81. The van der Waals surface area contributed by atoms with Gasteiger partial charge in [-0.15, -0.1) is 0 Å². The summed E-state index contributed by atoms with van der Waals surface area (Å²) in [6.45, 7) is 0.449. The van der Waals surface area contributed by atoms with Crippen LogP contribution >= 0.6 is 0 Å². The summed E-state index contributed by atoms with van der Waals surface area (Å²) in [4.78, 5) is 10.6. The number of hydrogen-bond acceptors (Lipinski definition) is 5. The highest BCUT2D eigenvalue weighted by Gasteiger charge is 2.20. The summed E-state index contributed by atoms with van der Waals surface area (Å²) >= 11 is 0. The number of nitrogens with zero attached hydrogens (tertiary/aromatic N) is 1. The maximum Gasteiger partial charge on any atom is 0.333 e. The van der Waals surface area contributed by atoms with Crippen molar-refractivity contribution in [1.29, 1.82) is 0 Å². The lowest BCUT2D eigenvalue weighted by Crippen LogP contribution is -2.03. The number of methoxy groups -OCH3 is 1. The fourth-order valence-electron chi connectivity index (χ4n) is 1.61. The number of nitrogens with one attached hydrogen (secondary N) is 1. The minimum absolute atomic E-state index is 0.0662. The summed E-state index contributed by atoms with van der Waals surface area (Å²) in [5.74, 6) is 0.234. The Morgan fingerprint density at radius 3 is 2.89 bits per heavy atom. The summed E-state index contributed by atoms with van der Waals surface area (Å²) in [7, 11) is 1.40. The monoisotopic (exact) mass is 248 g/mol. The van der Waals surface area contributed by atoms with Crippen LogP contribution in [-0.2, 0) is 6.54 Å². The lowest BCUT2D eigenvalue weighted by molar-refractivity contribution is -0.384. The van der Waals surface area contributed by atoms with Crippen molar-refractivity contribution in [1.82, 2.24) is 0 Å². The van der Waals surface area contributed by atoms with Crippen LogP contribution in [0.1, 0.15) is 5.56 Å². The molecule has 0 saturated carbocycles. The van der Waals surface area contributed by atoms with E-state index in [1.807, 2.05) is 0 Å². The molecule has 2 rings (SSSR count). The highest BCUT2D eigenvalue weighted by Crippen LogP contribution is 2.34. The smallest absolute Gasteiger partial charge is 0.333 e. The van der Waals surface area contributed by atoms with Gasteiger partial charge < -0.3 is 14.5 Å². The Labute approximate surface area is 103 Å². The average molecular weight is 248 g/mol. The molecule has 0 amide bonds. The largest absolute Gasteiger partial charge is 0.490 e. The molecule has 6 nitrogen and oxygen atoms in total. The first-order valence-electron chi connectivity index (χ1n) is 5.28. The minimum atomic E-state index is -0.462. The van der Waals surface area contributed by atoms with Gasteiger partial charge in [-0.2, -0.15) is 0 Å². The lowest BCUT2D eigenvalue weighted by Gasteiger charge is -2.08. The van der Waals surface area contributed by atoms with E-state index in [0.29, 0.717) is 12.2 Å². The second-order valence-electron chi connectivity index (χ2n) is 3.60. The van der Waals surface area contributed by atoms with E-state index in [0.717, 1.165) is 5.56 Å². The Kier molecular flexibility index (Phi) is 3.47. The van der Waals surface area contributed by atoms with E-state index in [-0.39, 0.29) is 11.4 Å². The summed E-state index contributed by atoms with van der Waals surface area (Å²) in [5.41, 5.74) is 1.26. The highest BCUT2D eigenvalue weighted by atomic mass is 16.6. The van der Waals surface area contributed by atoms with Crippen molar-refractivity contribution in [3.05, 3.63) is 52.5 Å². The molecule has 1 N–H and O–H groups in total. The molecule has 94 valence electrons. The van der Waals surface area contributed by atoms with Gasteiger partial charge in [0.05, 0.1) is 24.6 Å². The maximum absolute atomic E-state index is 11.0. The summed E-state index contributed by atoms with van der Waals surface area (Å²) < 4.78 is 9.91. The Hall–Kier alpha value is -2.50. The van der Waals surface area contributed by atoms with Crippen LogP contribution in [0.15, 0.2) is 41.2 Å². The summed E-state index contributed by atoms with van der Waals surface area (Å²) in [5, 5.41) is 14.0. The van der Waals surface area contributed by atoms with Gasteiger partial charge in [0.15, 0.2) is 5.75 Å². The number of benzene rings is 1. The fraction of sp³-hybridized carbons (Fsp3) is 0.167. The van der Waals surface area contributed by atoms with Crippen LogP contribution in [0.4, 0.5) is 11.4 Å². The molecule has 0 atom stereocenters. The number of hydrogen-bond donors (Lipinski definition) is 1. The van der Waals surface area contributed by atoms with Crippen molar-refractivity contribution < 1.29 is 14.1 Å². The molecule has 1 heterocycles. The normalized spacial score (nSPS) is 10.1. The molecule has 1 aromatic carbocycles. The molecule has 6 heteroatoms. The molecular formula is C12H12N2O4. The number of ether oxygens (including phenoxy) is 1. The van der Waals surface area contributed by atoms with Gasteiger partial charge in [0, 0.05) is 12.1 Å². The number of rotatable bonds is 5. The topological polar surface area (TPSA) is 77.5 Å². The van der Waals surface area contributed by atoms with E-state index in [2.05, 4.69) is 5.32 Å². The van der Waals surface area contributed by atoms with Gasteiger partial charge in [0.25, 0.3) is 0 Å². The SMILES string of the molecule is COc1cccc(NCc2ccoc2)c1[N+](=O)[O-]. The lowest BCUT2D eigenvalue weighted by atomic mass is 10.2. The third-order valence-electron chi connectivity index (χ3n) is 2.46. The fourth-order valence-corrected chi connectivity index (χ4v) is 1.61. The number of para-hydroxylation sites is 1. The molecular weight excluding hydrogens is 236 g/mol. The standard InChI is InChI=1S/C12H12N2O4/c1-17-11-4-2-3-10(12(11)14(15)16)13-7-9-5-6-18-8-9/h2-6,8,13H,7H2,1H3. The Morgan fingerprint density at radius 2 is 2.28 bits per heavy atom. The molecule has 0 aliphatic carbocycles. The van der Waals surface area contributed by atoms with Gasteiger partial charge in [-0.05, 0) is 18.2 Å². The van der Waals surface area contributed by atoms with E-state index < -0.39 is 4.92 Å². The Balaban J connectivity index is 2.24. The van der Waals surface area contributed by atoms with Crippen LogP contribution in [0, 0.1) is 10.1 Å². The van der Waals surface area contributed by atoms with Crippen LogP contribution in [0.2, 0.25) is 0 Å². The molecule has 1 aromatic heterocycles. The Bertz CT molecular complexity index is 537. The quantitative estimate of drug-likeness (QED) is 0.650. The zero-order valence-corrected chi connectivity index (χ0v) is 9.75. The molecule has 0 spiro atoms. The molecule has 0 aliphatic heterocycles. The van der Waals surface area contributed by atoms with Gasteiger partial charge in [-0.3, -0.25) is 10.1 Å². The van der Waals surface area contributed by atoms with E-state index in [1.54, 1.807) is 36.8 Å². The van der Waals surface area contributed by atoms with Gasteiger partial charge in [0.1, 0.15) is 5.69 Å². The molecule has 0 saturated heterocycles. The average Bonchev–Trinajstić information content (AvgIpc) is 2.88.